The number of benzene rings is 2. The SMILES string of the molecule is CNc1ccc(C=CCOCC=Cc2ccc(NC)cc2)cc1. The average Bonchev–Trinajstić information content (AvgIpc) is 2.62. The predicted molar refractivity (Wildman–Crippen MR) is 101 cm³/mol. The van der Waals surface area contributed by atoms with E-state index in [1.54, 1.807) is 0 Å². The molecule has 0 heterocycles. The highest BCUT2D eigenvalue weighted by Gasteiger charge is 1.89. The highest BCUT2D eigenvalue weighted by Crippen LogP contribution is 2.10. The number of hydrogen-bond acceptors (Lipinski definition) is 3. The van der Waals surface area contributed by atoms with Gasteiger partial charge in [0.15, 0.2) is 0 Å². The summed E-state index contributed by atoms with van der Waals surface area (Å²) in [5.41, 5.74) is 4.58. The second kappa shape index (κ2) is 9.49. The van der Waals surface area contributed by atoms with Gasteiger partial charge in [-0.1, -0.05) is 48.6 Å². The normalized spacial score (nSPS) is 11.2. The summed E-state index contributed by atoms with van der Waals surface area (Å²) in [6, 6.07) is 16.6. The first kappa shape index (κ1) is 16.8. The topological polar surface area (TPSA) is 33.3 Å². The van der Waals surface area contributed by atoms with Crippen molar-refractivity contribution in [2.24, 2.45) is 0 Å². The van der Waals surface area contributed by atoms with Crippen LogP contribution < -0.4 is 10.6 Å². The molecule has 0 aliphatic rings. The Morgan fingerprint density at radius 1 is 0.696 bits per heavy atom. The molecule has 2 rings (SSSR count). The molecule has 0 saturated heterocycles. The van der Waals surface area contributed by atoms with E-state index >= 15 is 0 Å². The molecule has 3 nitrogen and oxygen atoms in total. The second-order valence-corrected chi connectivity index (χ2v) is 5.09. The Bertz CT molecular complexity index is 570. The first-order valence-corrected chi connectivity index (χ1v) is 7.78. The smallest absolute Gasteiger partial charge is 0.0655 e. The van der Waals surface area contributed by atoms with E-state index in [9.17, 15) is 0 Å². The molecule has 0 radical (unpaired) electrons. The lowest BCUT2D eigenvalue weighted by Gasteiger charge is -2.00. The largest absolute Gasteiger partial charge is 0.388 e. The maximum absolute atomic E-state index is 5.57. The third-order valence-electron chi connectivity index (χ3n) is 3.45. The third-order valence-corrected chi connectivity index (χ3v) is 3.45. The molecule has 0 fully saturated rings. The molecule has 0 unspecified atom stereocenters. The van der Waals surface area contributed by atoms with Gasteiger partial charge in [0, 0.05) is 25.5 Å². The number of rotatable bonds is 8. The minimum absolute atomic E-state index is 0.608. The first-order valence-electron chi connectivity index (χ1n) is 7.78. The van der Waals surface area contributed by atoms with Crippen LogP contribution in [0.25, 0.3) is 12.2 Å². The van der Waals surface area contributed by atoms with Crippen LogP contribution >= 0.6 is 0 Å². The van der Waals surface area contributed by atoms with Crippen molar-refractivity contribution >= 4 is 23.5 Å². The molecule has 0 spiro atoms. The number of ether oxygens (including phenoxy) is 1. The van der Waals surface area contributed by atoms with Gasteiger partial charge in [0.1, 0.15) is 0 Å². The molecule has 0 bridgehead atoms. The van der Waals surface area contributed by atoms with Gasteiger partial charge in [0.2, 0.25) is 0 Å². The van der Waals surface area contributed by atoms with Crippen molar-refractivity contribution in [2.75, 3.05) is 37.9 Å². The summed E-state index contributed by atoms with van der Waals surface area (Å²) < 4.78 is 5.57. The van der Waals surface area contributed by atoms with Crippen LogP contribution in [0.5, 0.6) is 0 Å². The zero-order chi connectivity index (χ0) is 16.3. The van der Waals surface area contributed by atoms with E-state index in [1.807, 2.05) is 26.2 Å². The van der Waals surface area contributed by atoms with E-state index in [-0.39, 0.29) is 0 Å². The Hall–Kier alpha value is -2.52. The molecule has 2 N–H and O–H groups in total. The fourth-order valence-corrected chi connectivity index (χ4v) is 2.09. The van der Waals surface area contributed by atoms with Crippen LogP contribution in [0.15, 0.2) is 60.7 Å². The van der Waals surface area contributed by atoms with Crippen molar-refractivity contribution in [2.45, 2.75) is 0 Å². The molecular weight excluding hydrogens is 284 g/mol. The third kappa shape index (κ3) is 6.01. The molecule has 0 amide bonds. The Kier molecular flexibility index (Phi) is 6.95. The molecule has 0 aliphatic heterocycles. The maximum atomic E-state index is 5.57. The maximum Gasteiger partial charge on any atom is 0.0655 e. The van der Waals surface area contributed by atoms with Gasteiger partial charge in [0.25, 0.3) is 0 Å². The number of anilines is 2. The molecule has 0 saturated carbocycles. The van der Waals surface area contributed by atoms with Crippen LogP contribution in [-0.4, -0.2) is 27.3 Å². The minimum Gasteiger partial charge on any atom is -0.388 e. The summed E-state index contributed by atoms with van der Waals surface area (Å²) in [4.78, 5) is 0. The van der Waals surface area contributed by atoms with Gasteiger partial charge < -0.3 is 15.4 Å². The molecular formula is C20H24N2O. The predicted octanol–water partition coefficient (Wildman–Crippen LogP) is 4.51. The molecule has 0 aromatic heterocycles. The lowest BCUT2D eigenvalue weighted by Crippen LogP contribution is -1.90. The summed E-state index contributed by atoms with van der Waals surface area (Å²) >= 11 is 0. The van der Waals surface area contributed by atoms with Crippen molar-refractivity contribution in [1.29, 1.82) is 0 Å². The van der Waals surface area contributed by atoms with Crippen LogP contribution in [0.3, 0.4) is 0 Å². The van der Waals surface area contributed by atoms with Crippen molar-refractivity contribution in [3.8, 4) is 0 Å². The quantitative estimate of drug-likeness (QED) is 0.704. The Balaban J connectivity index is 1.68. The van der Waals surface area contributed by atoms with Crippen molar-refractivity contribution in [3.05, 3.63) is 71.8 Å². The molecule has 2 aromatic rings. The first-order chi connectivity index (χ1) is 11.3. The monoisotopic (exact) mass is 308 g/mol. The summed E-state index contributed by atoms with van der Waals surface area (Å²) in [5.74, 6) is 0. The van der Waals surface area contributed by atoms with E-state index in [2.05, 4.69) is 71.3 Å². The van der Waals surface area contributed by atoms with Crippen LogP contribution in [0.2, 0.25) is 0 Å². The van der Waals surface area contributed by atoms with Gasteiger partial charge in [-0.2, -0.15) is 0 Å². The van der Waals surface area contributed by atoms with E-state index < -0.39 is 0 Å². The second-order valence-electron chi connectivity index (χ2n) is 5.09. The fraction of sp³-hybridized carbons (Fsp3) is 0.200. The van der Waals surface area contributed by atoms with E-state index in [0.29, 0.717) is 13.2 Å². The standard InChI is InChI=1S/C20H24N2O/c1-21-19-11-7-17(8-12-19)5-3-15-23-16-4-6-18-9-13-20(22-2)14-10-18/h3-14,21-22H,15-16H2,1-2H3. The fourth-order valence-electron chi connectivity index (χ4n) is 2.09. The zero-order valence-corrected chi connectivity index (χ0v) is 13.8. The summed E-state index contributed by atoms with van der Waals surface area (Å²) in [6.45, 7) is 1.22. The lowest BCUT2D eigenvalue weighted by atomic mass is 10.2. The summed E-state index contributed by atoms with van der Waals surface area (Å²) in [7, 11) is 3.84. The van der Waals surface area contributed by atoms with Crippen molar-refractivity contribution < 1.29 is 4.74 Å². The highest BCUT2D eigenvalue weighted by atomic mass is 16.5. The van der Waals surface area contributed by atoms with Gasteiger partial charge in [-0.05, 0) is 35.4 Å². The Morgan fingerprint density at radius 3 is 1.43 bits per heavy atom. The van der Waals surface area contributed by atoms with E-state index in [1.165, 1.54) is 11.1 Å². The van der Waals surface area contributed by atoms with Crippen molar-refractivity contribution in [3.63, 3.8) is 0 Å². The van der Waals surface area contributed by atoms with Gasteiger partial charge in [-0.3, -0.25) is 0 Å². The van der Waals surface area contributed by atoms with Crippen LogP contribution in [0.4, 0.5) is 11.4 Å². The lowest BCUT2D eigenvalue weighted by molar-refractivity contribution is 0.195. The molecule has 0 atom stereocenters. The summed E-state index contributed by atoms with van der Waals surface area (Å²) in [5, 5.41) is 6.21. The van der Waals surface area contributed by atoms with Crippen LogP contribution in [0, 0.1) is 0 Å². The number of nitrogens with one attached hydrogen (secondary N) is 2. The van der Waals surface area contributed by atoms with Gasteiger partial charge in [0.05, 0.1) is 13.2 Å². The van der Waals surface area contributed by atoms with Gasteiger partial charge >= 0.3 is 0 Å². The minimum atomic E-state index is 0.608. The molecule has 23 heavy (non-hydrogen) atoms. The molecule has 120 valence electrons. The Labute approximate surface area is 138 Å². The Morgan fingerprint density at radius 2 is 1.09 bits per heavy atom. The van der Waals surface area contributed by atoms with Gasteiger partial charge in [-0.15, -0.1) is 0 Å². The van der Waals surface area contributed by atoms with Gasteiger partial charge in [-0.25, -0.2) is 0 Å². The summed E-state index contributed by atoms with van der Waals surface area (Å²) in [6.07, 6.45) is 8.20. The highest BCUT2D eigenvalue weighted by molar-refractivity contribution is 5.55. The molecule has 0 aliphatic carbocycles. The van der Waals surface area contributed by atoms with Crippen molar-refractivity contribution in [1.82, 2.24) is 0 Å². The van der Waals surface area contributed by atoms with E-state index in [4.69, 9.17) is 4.74 Å². The molecule has 3 heteroatoms. The van der Waals surface area contributed by atoms with Crippen LogP contribution in [-0.2, 0) is 4.74 Å². The zero-order valence-electron chi connectivity index (χ0n) is 13.8. The van der Waals surface area contributed by atoms with E-state index in [0.717, 1.165) is 11.4 Å². The average molecular weight is 308 g/mol. The number of hydrogen-bond donors (Lipinski definition) is 2. The van der Waals surface area contributed by atoms with Crippen LogP contribution in [0.1, 0.15) is 11.1 Å². The molecule has 2 aromatic carbocycles.